The van der Waals surface area contributed by atoms with Gasteiger partial charge in [0.2, 0.25) is 0 Å². The van der Waals surface area contributed by atoms with Gasteiger partial charge in [0.25, 0.3) is 5.56 Å². The molecule has 2 aromatic rings. The molecular formula is C14H14ClN5O2S. The van der Waals surface area contributed by atoms with Crippen molar-refractivity contribution >= 4 is 29.1 Å². The van der Waals surface area contributed by atoms with Crippen LogP contribution in [0.1, 0.15) is 0 Å². The summed E-state index contributed by atoms with van der Waals surface area (Å²) < 4.78 is 2.30. The Balaban J connectivity index is 2.38. The fourth-order valence-corrected chi connectivity index (χ4v) is 2.61. The van der Waals surface area contributed by atoms with Gasteiger partial charge in [-0.3, -0.25) is 19.2 Å². The third-order valence-corrected chi connectivity index (χ3v) is 4.14. The van der Waals surface area contributed by atoms with Gasteiger partial charge in [-0.05, 0) is 24.5 Å². The third kappa shape index (κ3) is 3.70. The van der Waals surface area contributed by atoms with Crippen molar-refractivity contribution in [1.29, 1.82) is 5.26 Å². The molecular weight excluding hydrogens is 338 g/mol. The molecule has 0 saturated carbocycles. The molecule has 23 heavy (non-hydrogen) atoms. The van der Waals surface area contributed by atoms with Crippen molar-refractivity contribution in [2.45, 2.75) is 5.50 Å². The van der Waals surface area contributed by atoms with E-state index in [0.29, 0.717) is 16.4 Å². The number of halogens is 1. The molecule has 0 aliphatic carbocycles. The molecule has 0 radical (unpaired) electrons. The number of benzene rings is 1. The largest absolute Gasteiger partial charge is 0.356 e. The van der Waals surface area contributed by atoms with E-state index in [0.717, 1.165) is 4.57 Å². The number of nitriles is 1. The normalized spacial score (nSPS) is 11.6. The Morgan fingerprint density at radius 1 is 1.35 bits per heavy atom. The second-order valence-corrected chi connectivity index (χ2v) is 5.90. The van der Waals surface area contributed by atoms with E-state index >= 15 is 0 Å². The average Bonchev–Trinajstić information content (AvgIpc) is 2.53. The standard InChI is InChI=1S/C14H14ClN5O2S/c1-19-12(21)5-6-20(14(19)22)11-4-3-9(7-10(11)15)18-13(23-2)17-8-16/h3-7,13,17-18H,1-2H3. The van der Waals surface area contributed by atoms with Crippen LogP contribution in [-0.2, 0) is 7.05 Å². The minimum Gasteiger partial charge on any atom is -0.356 e. The van der Waals surface area contributed by atoms with E-state index < -0.39 is 5.69 Å². The number of rotatable bonds is 5. The smallest absolute Gasteiger partial charge is 0.335 e. The Bertz CT molecular complexity index is 871. The van der Waals surface area contributed by atoms with Crippen LogP contribution in [0.4, 0.5) is 5.69 Å². The van der Waals surface area contributed by atoms with Gasteiger partial charge in [-0.1, -0.05) is 11.6 Å². The molecule has 0 aliphatic heterocycles. The Hall–Kier alpha value is -2.37. The zero-order valence-electron chi connectivity index (χ0n) is 12.4. The van der Waals surface area contributed by atoms with Crippen molar-refractivity contribution in [3.05, 3.63) is 56.3 Å². The van der Waals surface area contributed by atoms with Gasteiger partial charge in [0.1, 0.15) is 0 Å². The number of nitrogens with one attached hydrogen (secondary N) is 2. The van der Waals surface area contributed by atoms with Crippen LogP contribution in [0.2, 0.25) is 5.02 Å². The van der Waals surface area contributed by atoms with Crippen LogP contribution in [0.25, 0.3) is 5.69 Å². The first-order valence-electron chi connectivity index (χ1n) is 6.50. The van der Waals surface area contributed by atoms with Gasteiger partial charge in [0, 0.05) is 25.0 Å². The molecule has 2 rings (SSSR count). The summed E-state index contributed by atoms with van der Waals surface area (Å²) >= 11 is 7.67. The van der Waals surface area contributed by atoms with Crippen LogP contribution >= 0.6 is 23.4 Å². The maximum Gasteiger partial charge on any atom is 0.335 e. The lowest BCUT2D eigenvalue weighted by Gasteiger charge is -2.17. The van der Waals surface area contributed by atoms with Crippen LogP contribution < -0.4 is 21.9 Å². The Labute approximate surface area is 141 Å². The summed E-state index contributed by atoms with van der Waals surface area (Å²) in [5, 5.41) is 14.7. The fourth-order valence-electron chi connectivity index (χ4n) is 1.91. The molecule has 1 aromatic carbocycles. The van der Waals surface area contributed by atoms with Crippen molar-refractivity contribution in [2.24, 2.45) is 7.05 Å². The SMILES string of the molecule is CSC(NC#N)Nc1ccc(-n2ccc(=O)n(C)c2=O)c(Cl)c1. The molecule has 2 N–H and O–H groups in total. The average molecular weight is 352 g/mol. The lowest BCUT2D eigenvalue weighted by atomic mass is 10.2. The second kappa shape index (κ2) is 7.26. The number of hydrogen-bond acceptors (Lipinski definition) is 6. The predicted octanol–water partition coefficient (Wildman–Crippen LogP) is 1.32. The van der Waals surface area contributed by atoms with Gasteiger partial charge in [-0.25, -0.2) is 4.79 Å². The van der Waals surface area contributed by atoms with Gasteiger partial charge >= 0.3 is 5.69 Å². The molecule has 1 atom stereocenters. The summed E-state index contributed by atoms with van der Waals surface area (Å²) in [6.07, 6.45) is 5.10. The van der Waals surface area contributed by atoms with E-state index in [1.165, 1.54) is 35.6 Å². The predicted molar refractivity (Wildman–Crippen MR) is 92.0 cm³/mol. The number of thioether (sulfide) groups is 1. The number of nitrogens with zero attached hydrogens (tertiary/aromatic N) is 3. The molecule has 1 unspecified atom stereocenters. The molecule has 120 valence electrons. The van der Waals surface area contributed by atoms with Crippen molar-refractivity contribution in [2.75, 3.05) is 11.6 Å². The molecule has 0 aliphatic rings. The highest BCUT2D eigenvalue weighted by molar-refractivity contribution is 7.99. The molecule has 0 spiro atoms. The van der Waals surface area contributed by atoms with Crippen LogP contribution in [0.3, 0.4) is 0 Å². The number of hydrogen-bond donors (Lipinski definition) is 2. The lowest BCUT2D eigenvalue weighted by Crippen LogP contribution is -2.36. The summed E-state index contributed by atoms with van der Waals surface area (Å²) in [6, 6.07) is 6.35. The van der Waals surface area contributed by atoms with E-state index in [1.54, 1.807) is 18.2 Å². The Morgan fingerprint density at radius 3 is 2.70 bits per heavy atom. The molecule has 9 heteroatoms. The zero-order valence-corrected chi connectivity index (χ0v) is 14.0. The third-order valence-electron chi connectivity index (χ3n) is 3.13. The first-order chi connectivity index (χ1) is 11.0. The first kappa shape index (κ1) is 17.0. The maximum absolute atomic E-state index is 12.1. The summed E-state index contributed by atoms with van der Waals surface area (Å²) in [4.78, 5) is 23.6. The lowest BCUT2D eigenvalue weighted by molar-refractivity contribution is 0.728. The molecule has 1 aromatic heterocycles. The minimum atomic E-state index is -0.478. The summed E-state index contributed by atoms with van der Waals surface area (Å²) in [6.45, 7) is 0. The maximum atomic E-state index is 12.1. The fraction of sp³-hybridized carbons (Fsp3) is 0.214. The summed E-state index contributed by atoms with van der Waals surface area (Å²) in [5.41, 5.74) is 0.00645. The molecule has 0 saturated heterocycles. The highest BCUT2D eigenvalue weighted by atomic mass is 35.5. The monoisotopic (exact) mass is 351 g/mol. The summed E-state index contributed by atoms with van der Waals surface area (Å²) in [5.74, 6) is 0. The summed E-state index contributed by atoms with van der Waals surface area (Å²) in [7, 11) is 1.40. The molecule has 0 fully saturated rings. The van der Waals surface area contributed by atoms with Gasteiger partial charge < -0.3 is 5.32 Å². The van der Waals surface area contributed by atoms with Crippen molar-refractivity contribution < 1.29 is 0 Å². The Morgan fingerprint density at radius 2 is 2.09 bits per heavy atom. The number of aromatic nitrogens is 2. The highest BCUT2D eigenvalue weighted by Crippen LogP contribution is 2.24. The molecule has 0 amide bonds. The van der Waals surface area contributed by atoms with E-state index in [4.69, 9.17) is 16.9 Å². The quantitative estimate of drug-likeness (QED) is 0.479. The second-order valence-electron chi connectivity index (χ2n) is 4.55. The van der Waals surface area contributed by atoms with Crippen molar-refractivity contribution in [3.8, 4) is 11.9 Å². The topological polar surface area (TPSA) is 91.8 Å². The van der Waals surface area contributed by atoms with Gasteiger partial charge in [-0.2, -0.15) is 5.26 Å². The molecule has 1 heterocycles. The molecule has 0 bridgehead atoms. The van der Waals surface area contributed by atoms with Crippen LogP contribution in [0.15, 0.2) is 40.1 Å². The van der Waals surface area contributed by atoms with Gasteiger partial charge in [0.05, 0.1) is 10.7 Å². The van der Waals surface area contributed by atoms with Gasteiger partial charge in [0.15, 0.2) is 11.7 Å². The number of anilines is 1. The van der Waals surface area contributed by atoms with E-state index in [2.05, 4.69) is 10.6 Å². The van der Waals surface area contributed by atoms with E-state index in [9.17, 15) is 9.59 Å². The van der Waals surface area contributed by atoms with Crippen LogP contribution in [0, 0.1) is 11.5 Å². The molecule has 7 nitrogen and oxygen atoms in total. The zero-order chi connectivity index (χ0) is 17.0. The van der Waals surface area contributed by atoms with Crippen LogP contribution in [-0.4, -0.2) is 20.9 Å². The first-order valence-corrected chi connectivity index (χ1v) is 8.17. The van der Waals surface area contributed by atoms with Crippen molar-refractivity contribution in [1.82, 2.24) is 14.5 Å². The van der Waals surface area contributed by atoms with Crippen LogP contribution in [0.5, 0.6) is 0 Å². The van der Waals surface area contributed by atoms with E-state index in [1.807, 2.05) is 12.4 Å². The van der Waals surface area contributed by atoms with Crippen molar-refractivity contribution in [3.63, 3.8) is 0 Å². The van der Waals surface area contributed by atoms with Gasteiger partial charge in [-0.15, -0.1) is 11.8 Å². The van der Waals surface area contributed by atoms with E-state index in [-0.39, 0.29) is 11.1 Å². The highest BCUT2D eigenvalue weighted by Gasteiger charge is 2.10. The Kier molecular flexibility index (Phi) is 5.36. The minimum absolute atomic E-state index is 0.290.